The first-order valence-corrected chi connectivity index (χ1v) is 6.97. The Morgan fingerprint density at radius 2 is 1.91 bits per heavy atom. The van der Waals surface area contributed by atoms with Gasteiger partial charge in [0.2, 0.25) is 0 Å². The van der Waals surface area contributed by atoms with E-state index in [0.29, 0.717) is 22.6 Å². The summed E-state index contributed by atoms with van der Waals surface area (Å²) in [6, 6.07) is 13.3. The lowest BCUT2D eigenvalue weighted by atomic mass is 10.1. The van der Waals surface area contributed by atoms with Gasteiger partial charge in [-0.05, 0) is 30.7 Å². The number of hydrazone groups is 1. The molecule has 0 saturated carbocycles. The molecule has 0 aromatic heterocycles. The quantitative estimate of drug-likeness (QED) is 0.581. The van der Waals surface area contributed by atoms with Gasteiger partial charge in [0.15, 0.2) is 17.6 Å². The number of methoxy groups -OCH3 is 1. The van der Waals surface area contributed by atoms with Gasteiger partial charge in [0.25, 0.3) is 5.91 Å². The number of hydrogen-bond donors (Lipinski definition) is 3. The maximum absolute atomic E-state index is 11.9. The highest BCUT2D eigenvalue weighted by molar-refractivity contribution is 6.00. The van der Waals surface area contributed by atoms with Gasteiger partial charge in [-0.15, -0.1) is 0 Å². The molecule has 2 aromatic rings. The van der Waals surface area contributed by atoms with Crippen LogP contribution in [0.2, 0.25) is 0 Å². The Balaban J connectivity index is 2.08. The largest absolute Gasteiger partial charge is 0.504 e. The standard InChI is InChI=1S/C17H18N2O4/c1-11(13-8-9-14(20)15(10-13)23-2)18-19-17(22)16(21)12-6-4-3-5-7-12/h3-10,16,20-21H,1-2H3,(H,19,22)/b18-11+. The van der Waals surface area contributed by atoms with Crippen LogP contribution in [0.4, 0.5) is 0 Å². The minimum Gasteiger partial charge on any atom is -0.504 e. The van der Waals surface area contributed by atoms with E-state index in [0.717, 1.165) is 0 Å². The molecule has 1 atom stereocenters. The lowest BCUT2D eigenvalue weighted by Crippen LogP contribution is -2.26. The highest BCUT2D eigenvalue weighted by atomic mass is 16.5. The van der Waals surface area contributed by atoms with Crippen LogP contribution in [0.15, 0.2) is 53.6 Å². The van der Waals surface area contributed by atoms with Crippen molar-refractivity contribution in [3.05, 3.63) is 59.7 Å². The molecule has 0 saturated heterocycles. The van der Waals surface area contributed by atoms with E-state index in [2.05, 4.69) is 10.5 Å². The van der Waals surface area contributed by atoms with Gasteiger partial charge < -0.3 is 14.9 Å². The summed E-state index contributed by atoms with van der Waals surface area (Å²) in [6.07, 6.45) is -1.29. The first-order chi connectivity index (χ1) is 11.0. The highest BCUT2D eigenvalue weighted by Gasteiger charge is 2.16. The number of hydrogen-bond acceptors (Lipinski definition) is 5. The number of carbonyl (C=O) groups excluding carboxylic acids is 1. The molecule has 23 heavy (non-hydrogen) atoms. The molecule has 1 unspecified atom stereocenters. The van der Waals surface area contributed by atoms with Gasteiger partial charge in [0.05, 0.1) is 12.8 Å². The van der Waals surface area contributed by atoms with Crippen LogP contribution in [-0.2, 0) is 4.79 Å². The van der Waals surface area contributed by atoms with Crippen molar-refractivity contribution in [1.82, 2.24) is 5.43 Å². The Morgan fingerprint density at radius 3 is 2.57 bits per heavy atom. The van der Waals surface area contributed by atoms with E-state index in [1.807, 2.05) is 0 Å². The van der Waals surface area contributed by atoms with Crippen molar-refractivity contribution in [1.29, 1.82) is 0 Å². The molecule has 0 aliphatic carbocycles. The Bertz CT molecular complexity index is 714. The molecule has 6 heteroatoms. The first-order valence-electron chi connectivity index (χ1n) is 6.97. The summed E-state index contributed by atoms with van der Waals surface area (Å²) >= 11 is 0. The zero-order valence-corrected chi connectivity index (χ0v) is 12.9. The fourth-order valence-corrected chi connectivity index (χ4v) is 1.95. The van der Waals surface area contributed by atoms with E-state index >= 15 is 0 Å². The summed E-state index contributed by atoms with van der Waals surface area (Å²) in [6.45, 7) is 1.70. The first kappa shape index (κ1) is 16.5. The number of ether oxygens (including phenoxy) is 1. The predicted molar refractivity (Wildman–Crippen MR) is 86.4 cm³/mol. The van der Waals surface area contributed by atoms with Crippen LogP contribution in [0.3, 0.4) is 0 Å². The van der Waals surface area contributed by atoms with Gasteiger partial charge in [-0.1, -0.05) is 30.3 Å². The van der Waals surface area contributed by atoms with E-state index in [4.69, 9.17) is 4.74 Å². The van der Waals surface area contributed by atoms with Crippen molar-refractivity contribution in [3.8, 4) is 11.5 Å². The van der Waals surface area contributed by atoms with Gasteiger partial charge >= 0.3 is 0 Å². The number of aromatic hydroxyl groups is 1. The van der Waals surface area contributed by atoms with Crippen LogP contribution in [0, 0.1) is 0 Å². The smallest absolute Gasteiger partial charge is 0.273 e. The lowest BCUT2D eigenvalue weighted by Gasteiger charge is -2.10. The fraction of sp³-hybridized carbons (Fsp3) is 0.176. The van der Waals surface area contributed by atoms with Crippen molar-refractivity contribution in [3.63, 3.8) is 0 Å². The van der Waals surface area contributed by atoms with E-state index in [9.17, 15) is 15.0 Å². The van der Waals surface area contributed by atoms with Gasteiger partial charge in [-0.3, -0.25) is 4.79 Å². The van der Waals surface area contributed by atoms with Gasteiger partial charge in [-0.2, -0.15) is 5.10 Å². The molecule has 0 aliphatic rings. The van der Waals surface area contributed by atoms with Gasteiger partial charge in [-0.25, -0.2) is 5.43 Å². The van der Waals surface area contributed by atoms with E-state index < -0.39 is 12.0 Å². The zero-order chi connectivity index (χ0) is 16.8. The molecule has 1 amide bonds. The second kappa shape index (κ2) is 7.42. The van der Waals surface area contributed by atoms with E-state index in [1.54, 1.807) is 49.4 Å². The van der Waals surface area contributed by atoms with Crippen molar-refractivity contribution in [2.75, 3.05) is 7.11 Å². The molecule has 2 rings (SSSR count). The number of rotatable bonds is 5. The summed E-state index contributed by atoms with van der Waals surface area (Å²) in [5.41, 5.74) is 4.00. The van der Waals surface area contributed by atoms with Crippen LogP contribution >= 0.6 is 0 Å². The minimum absolute atomic E-state index is 0.0209. The van der Waals surface area contributed by atoms with Crippen molar-refractivity contribution in [2.45, 2.75) is 13.0 Å². The molecule has 6 nitrogen and oxygen atoms in total. The zero-order valence-electron chi connectivity index (χ0n) is 12.9. The maximum atomic E-state index is 11.9. The number of phenols is 1. The minimum atomic E-state index is -1.29. The molecule has 0 spiro atoms. The summed E-state index contributed by atoms with van der Waals surface area (Å²) in [5.74, 6) is -0.290. The Labute approximate surface area is 134 Å². The number of nitrogens with zero attached hydrogens (tertiary/aromatic N) is 1. The van der Waals surface area contributed by atoms with E-state index in [-0.39, 0.29) is 5.75 Å². The Morgan fingerprint density at radius 1 is 1.22 bits per heavy atom. The van der Waals surface area contributed by atoms with Crippen LogP contribution in [0.25, 0.3) is 0 Å². The molecular formula is C17H18N2O4. The second-order valence-corrected chi connectivity index (χ2v) is 4.87. The van der Waals surface area contributed by atoms with Crippen molar-refractivity contribution < 1.29 is 19.7 Å². The fourth-order valence-electron chi connectivity index (χ4n) is 1.95. The van der Waals surface area contributed by atoms with Gasteiger partial charge in [0.1, 0.15) is 0 Å². The third-order valence-corrected chi connectivity index (χ3v) is 3.29. The van der Waals surface area contributed by atoms with Crippen LogP contribution < -0.4 is 10.2 Å². The molecule has 0 fully saturated rings. The summed E-state index contributed by atoms with van der Waals surface area (Å²) < 4.78 is 5.03. The van der Waals surface area contributed by atoms with Crippen molar-refractivity contribution >= 4 is 11.6 Å². The van der Waals surface area contributed by atoms with Gasteiger partial charge in [0, 0.05) is 5.56 Å². The number of phenolic OH excluding ortho intramolecular Hbond substituents is 1. The molecule has 3 N–H and O–H groups in total. The van der Waals surface area contributed by atoms with E-state index in [1.165, 1.54) is 13.2 Å². The SMILES string of the molecule is COc1cc(/C(C)=N/NC(=O)C(O)c2ccccc2)ccc1O. The number of carbonyl (C=O) groups is 1. The number of aliphatic hydroxyl groups excluding tert-OH is 1. The average molecular weight is 314 g/mol. The second-order valence-electron chi connectivity index (χ2n) is 4.87. The molecule has 120 valence electrons. The van der Waals surface area contributed by atoms with Crippen molar-refractivity contribution in [2.24, 2.45) is 5.10 Å². The molecule has 0 bridgehead atoms. The third-order valence-electron chi connectivity index (χ3n) is 3.29. The molecule has 0 aliphatic heterocycles. The monoisotopic (exact) mass is 314 g/mol. The van der Waals surface area contributed by atoms with Crippen LogP contribution in [0.1, 0.15) is 24.2 Å². The predicted octanol–water partition coefficient (Wildman–Crippen LogP) is 1.97. The summed E-state index contributed by atoms with van der Waals surface area (Å²) in [7, 11) is 1.45. The molecule has 2 aromatic carbocycles. The number of amides is 1. The maximum Gasteiger partial charge on any atom is 0.273 e. The number of benzene rings is 2. The lowest BCUT2D eigenvalue weighted by molar-refractivity contribution is -0.129. The number of aliphatic hydroxyl groups is 1. The Kier molecular flexibility index (Phi) is 5.32. The summed E-state index contributed by atoms with van der Waals surface area (Å²) in [4.78, 5) is 11.9. The third kappa shape index (κ3) is 4.08. The highest BCUT2D eigenvalue weighted by Crippen LogP contribution is 2.26. The molecule has 0 heterocycles. The molecule has 0 radical (unpaired) electrons. The van der Waals surface area contributed by atoms with Crippen LogP contribution in [-0.4, -0.2) is 28.9 Å². The topological polar surface area (TPSA) is 91.2 Å². The number of nitrogens with one attached hydrogen (secondary N) is 1. The molecular weight excluding hydrogens is 296 g/mol. The van der Waals surface area contributed by atoms with Crippen LogP contribution in [0.5, 0.6) is 11.5 Å². The Hall–Kier alpha value is -2.86. The average Bonchev–Trinajstić information content (AvgIpc) is 2.59. The normalized spacial score (nSPS) is 12.6. The summed E-state index contributed by atoms with van der Waals surface area (Å²) in [5, 5.41) is 23.5.